The second kappa shape index (κ2) is 6.06. The Balaban J connectivity index is 2.75. The van der Waals surface area contributed by atoms with Gasteiger partial charge < -0.3 is 16.0 Å². The summed E-state index contributed by atoms with van der Waals surface area (Å²) in [6, 6.07) is 5.65. The second-order valence-corrected chi connectivity index (χ2v) is 3.99. The molecule has 0 saturated heterocycles. The summed E-state index contributed by atoms with van der Waals surface area (Å²) < 4.78 is 13.4. The maximum atomic E-state index is 13.4. The number of hydrogen-bond donors (Lipinski definition) is 2. The third kappa shape index (κ3) is 3.49. The number of rotatable bonds is 3. The molecule has 0 radical (unpaired) electrons. The van der Waals surface area contributed by atoms with Crippen molar-refractivity contribution < 1.29 is 14.0 Å². The van der Waals surface area contributed by atoms with Crippen LogP contribution in [0.1, 0.15) is 0 Å². The number of halogens is 1. The lowest BCUT2D eigenvalue weighted by Crippen LogP contribution is -2.43. The van der Waals surface area contributed by atoms with Crippen LogP contribution in [-0.2, 0) is 9.59 Å². The van der Waals surface area contributed by atoms with Gasteiger partial charge in [0.2, 0.25) is 0 Å². The molecular weight excluding hydrogens is 257 g/mol. The quantitative estimate of drug-likeness (QED) is 0.607. The molecule has 0 atom stereocenters. The van der Waals surface area contributed by atoms with Crippen molar-refractivity contribution >= 4 is 34.7 Å². The van der Waals surface area contributed by atoms with Crippen molar-refractivity contribution in [3.05, 3.63) is 30.1 Å². The van der Waals surface area contributed by atoms with E-state index in [1.165, 1.54) is 25.2 Å². The van der Waals surface area contributed by atoms with Gasteiger partial charge in [-0.15, -0.1) is 0 Å². The summed E-state index contributed by atoms with van der Waals surface area (Å²) in [4.78, 5) is 24.1. The van der Waals surface area contributed by atoms with Crippen LogP contribution in [0.3, 0.4) is 0 Å². The Morgan fingerprint density at radius 3 is 2.61 bits per heavy atom. The minimum atomic E-state index is -0.895. The number of carbonyl (C=O) groups is 2. The van der Waals surface area contributed by atoms with Crippen LogP contribution in [0.4, 0.5) is 10.1 Å². The molecule has 96 valence electrons. The van der Waals surface area contributed by atoms with Crippen LogP contribution in [0.5, 0.6) is 0 Å². The first-order valence-electron chi connectivity index (χ1n) is 5.02. The average molecular weight is 269 g/mol. The topological polar surface area (TPSA) is 75.4 Å². The summed E-state index contributed by atoms with van der Waals surface area (Å²) in [6.45, 7) is -0.0784. The zero-order chi connectivity index (χ0) is 13.7. The number of nitrogens with zero attached hydrogens (tertiary/aromatic N) is 1. The first kappa shape index (κ1) is 14.0. The Bertz CT molecular complexity index is 493. The predicted molar refractivity (Wildman–Crippen MR) is 69.6 cm³/mol. The molecule has 7 heteroatoms. The number of thiocarbonyl (C=S) groups is 1. The molecule has 0 fully saturated rings. The molecule has 0 unspecified atom stereocenters. The van der Waals surface area contributed by atoms with Gasteiger partial charge in [0.1, 0.15) is 5.82 Å². The molecule has 2 amide bonds. The molecular formula is C11H12FN3O2S. The van der Waals surface area contributed by atoms with E-state index >= 15 is 0 Å². The molecule has 0 saturated carbocycles. The number of nitrogens with one attached hydrogen (secondary N) is 1. The minimum Gasteiger partial charge on any atom is -0.392 e. The molecule has 0 spiro atoms. The molecule has 0 aliphatic heterocycles. The zero-order valence-electron chi connectivity index (χ0n) is 9.64. The maximum absolute atomic E-state index is 13.4. The minimum absolute atomic E-state index is 0.0213. The van der Waals surface area contributed by atoms with Gasteiger partial charge in [0.25, 0.3) is 0 Å². The van der Waals surface area contributed by atoms with Crippen LogP contribution < -0.4 is 16.0 Å². The van der Waals surface area contributed by atoms with Crippen molar-refractivity contribution in [2.45, 2.75) is 0 Å². The Morgan fingerprint density at radius 2 is 2.06 bits per heavy atom. The normalized spacial score (nSPS) is 9.67. The van der Waals surface area contributed by atoms with Gasteiger partial charge in [0, 0.05) is 7.05 Å². The number of benzene rings is 1. The predicted octanol–water partition coefficient (Wildman–Crippen LogP) is 0.191. The highest BCUT2D eigenvalue weighted by atomic mass is 32.1. The van der Waals surface area contributed by atoms with Crippen LogP contribution in [-0.4, -0.2) is 30.4 Å². The lowest BCUT2D eigenvalue weighted by Gasteiger charge is -2.17. The number of para-hydroxylation sites is 1. The Labute approximate surface area is 109 Å². The van der Waals surface area contributed by atoms with E-state index in [0.29, 0.717) is 0 Å². The number of anilines is 1. The third-order valence-corrected chi connectivity index (χ3v) is 2.28. The number of hydrogen-bond acceptors (Lipinski definition) is 3. The molecule has 18 heavy (non-hydrogen) atoms. The summed E-state index contributed by atoms with van der Waals surface area (Å²) in [6.07, 6.45) is 0. The van der Waals surface area contributed by atoms with Gasteiger partial charge in [-0.2, -0.15) is 0 Å². The van der Waals surface area contributed by atoms with E-state index in [2.05, 4.69) is 17.5 Å². The largest absolute Gasteiger partial charge is 0.392 e. The van der Waals surface area contributed by atoms with Crippen LogP contribution in [0.25, 0.3) is 0 Å². The molecule has 5 nitrogen and oxygen atoms in total. The summed E-state index contributed by atoms with van der Waals surface area (Å²) in [5.74, 6) is -2.37. The van der Waals surface area contributed by atoms with E-state index in [1.807, 2.05) is 0 Å². The highest BCUT2D eigenvalue weighted by molar-refractivity contribution is 7.80. The van der Waals surface area contributed by atoms with Gasteiger partial charge in [0.05, 0.1) is 17.2 Å². The monoisotopic (exact) mass is 269 g/mol. The molecule has 1 aromatic carbocycles. The van der Waals surface area contributed by atoms with Gasteiger partial charge in [-0.3, -0.25) is 9.59 Å². The van der Waals surface area contributed by atoms with Gasteiger partial charge in [-0.1, -0.05) is 24.4 Å². The van der Waals surface area contributed by atoms with E-state index in [0.717, 1.165) is 4.90 Å². The highest BCUT2D eigenvalue weighted by Crippen LogP contribution is 2.16. The molecule has 0 bridgehead atoms. The summed E-state index contributed by atoms with van der Waals surface area (Å²) in [7, 11) is 1.31. The zero-order valence-corrected chi connectivity index (χ0v) is 10.5. The van der Waals surface area contributed by atoms with E-state index in [1.54, 1.807) is 6.07 Å². The van der Waals surface area contributed by atoms with E-state index in [9.17, 15) is 14.0 Å². The van der Waals surface area contributed by atoms with Crippen LogP contribution in [0.2, 0.25) is 0 Å². The molecule has 1 aromatic rings. The second-order valence-electron chi connectivity index (χ2n) is 3.46. The van der Waals surface area contributed by atoms with Crippen molar-refractivity contribution in [3.63, 3.8) is 0 Å². The van der Waals surface area contributed by atoms with Crippen molar-refractivity contribution in [2.75, 3.05) is 18.5 Å². The number of carbonyl (C=O) groups excluding carboxylic acids is 2. The molecule has 0 aliphatic rings. The van der Waals surface area contributed by atoms with Crippen LogP contribution >= 0.6 is 12.2 Å². The first-order valence-corrected chi connectivity index (χ1v) is 5.43. The van der Waals surface area contributed by atoms with Crippen molar-refractivity contribution in [1.29, 1.82) is 0 Å². The fourth-order valence-electron chi connectivity index (χ4n) is 1.23. The van der Waals surface area contributed by atoms with Gasteiger partial charge >= 0.3 is 11.8 Å². The van der Waals surface area contributed by atoms with E-state index in [-0.39, 0.29) is 17.2 Å². The van der Waals surface area contributed by atoms with Crippen molar-refractivity contribution in [1.82, 2.24) is 5.32 Å². The Kier molecular flexibility index (Phi) is 4.73. The third-order valence-electron chi connectivity index (χ3n) is 2.14. The summed E-state index contributed by atoms with van der Waals surface area (Å²) in [5, 5.41) is 2.23. The SMILES string of the molecule is CN(C(=O)C(=O)NCC(N)=S)c1ccccc1F. The fraction of sp³-hybridized carbons (Fsp3) is 0.182. The van der Waals surface area contributed by atoms with Gasteiger partial charge in [0.15, 0.2) is 0 Å². The number of amides is 2. The van der Waals surface area contributed by atoms with Gasteiger partial charge in [-0.25, -0.2) is 4.39 Å². The Morgan fingerprint density at radius 1 is 1.44 bits per heavy atom. The smallest absolute Gasteiger partial charge is 0.316 e. The summed E-state index contributed by atoms with van der Waals surface area (Å²) >= 11 is 4.56. The average Bonchev–Trinajstić information content (AvgIpc) is 2.34. The molecule has 1 rings (SSSR count). The van der Waals surface area contributed by atoms with Crippen LogP contribution in [0, 0.1) is 5.82 Å². The molecule has 3 N–H and O–H groups in total. The lowest BCUT2D eigenvalue weighted by atomic mass is 10.3. The lowest BCUT2D eigenvalue weighted by molar-refractivity contribution is -0.137. The van der Waals surface area contributed by atoms with Crippen molar-refractivity contribution in [2.24, 2.45) is 5.73 Å². The van der Waals surface area contributed by atoms with Crippen molar-refractivity contribution in [3.8, 4) is 0 Å². The van der Waals surface area contributed by atoms with Gasteiger partial charge in [-0.05, 0) is 12.1 Å². The standard InChI is InChI=1S/C11H12FN3O2S/c1-15(8-5-3-2-4-7(8)12)11(17)10(16)14-6-9(13)18/h2-5H,6H2,1H3,(H2,13,18)(H,14,16). The fourth-order valence-corrected chi connectivity index (χ4v) is 1.30. The summed E-state index contributed by atoms with van der Waals surface area (Å²) in [5.41, 5.74) is 5.21. The van der Waals surface area contributed by atoms with E-state index in [4.69, 9.17) is 5.73 Å². The Hall–Kier alpha value is -2.02. The maximum Gasteiger partial charge on any atom is 0.316 e. The number of nitrogens with two attached hydrogens (primary N) is 1. The highest BCUT2D eigenvalue weighted by Gasteiger charge is 2.21. The number of likely N-dealkylation sites (N-methyl/N-ethyl adjacent to an activating group) is 1. The molecule has 0 heterocycles. The van der Waals surface area contributed by atoms with Crippen LogP contribution in [0.15, 0.2) is 24.3 Å². The molecule has 0 aliphatic carbocycles. The van der Waals surface area contributed by atoms with E-state index < -0.39 is 17.6 Å². The molecule has 0 aromatic heterocycles. The first-order chi connectivity index (χ1) is 8.43.